The first kappa shape index (κ1) is 14.2. The number of carbonyl (C=O) groups is 1. The van der Waals surface area contributed by atoms with Crippen LogP contribution in [-0.4, -0.2) is 17.6 Å². The van der Waals surface area contributed by atoms with Crippen molar-refractivity contribution in [1.82, 2.24) is 4.98 Å². The van der Waals surface area contributed by atoms with E-state index in [4.69, 9.17) is 8.83 Å². The predicted octanol–water partition coefficient (Wildman–Crippen LogP) is 3.44. The van der Waals surface area contributed by atoms with Crippen LogP contribution in [-0.2, 0) is 10.9 Å². The Labute approximate surface area is 111 Å². The summed E-state index contributed by atoms with van der Waals surface area (Å²) in [5, 5.41) is 0. The van der Waals surface area contributed by atoms with Crippen molar-refractivity contribution < 1.29 is 31.5 Å². The smallest absolute Gasteiger partial charge is 0.437 e. The summed E-state index contributed by atoms with van der Waals surface area (Å²) < 4.78 is 53.0. The number of alkyl halides is 3. The number of carbonyl (C=O) groups excluding carboxylic acids is 1. The van der Waals surface area contributed by atoms with E-state index >= 15 is 0 Å². The summed E-state index contributed by atoms with van der Waals surface area (Å²) in [4.78, 5) is 14.8. The van der Waals surface area contributed by atoms with Gasteiger partial charge in [-0.25, -0.2) is 9.78 Å². The molecule has 5 nitrogen and oxygen atoms in total. The number of furan rings is 1. The summed E-state index contributed by atoms with van der Waals surface area (Å²) in [7, 11) is 0. The zero-order valence-electron chi connectivity index (χ0n) is 10.6. The van der Waals surface area contributed by atoms with Gasteiger partial charge in [0.1, 0.15) is 5.76 Å². The second-order valence-electron chi connectivity index (χ2n) is 3.83. The number of esters is 1. The van der Waals surface area contributed by atoms with Gasteiger partial charge in [0.2, 0.25) is 5.76 Å². The summed E-state index contributed by atoms with van der Waals surface area (Å²) in [6, 6.07) is 2.94. The molecular formula is C12H10F3NO4. The fraction of sp³-hybridized carbons (Fsp3) is 0.333. The molecule has 0 N–H and O–H groups in total. The first-order chi connectivity index (χ1) is 9.32. The van der Waals surface area contributed by atoms with Gasteiger partial charge in [0.05, 0.1) is 6.61 Å². The Morgan fingerprint density at radius 2 is 2.05 bits per heavy atom. The van der Waals surface area contributed by atoms with Crippen molar-refractivity contribution in [3.8, 4) is 11.7 Å². The molecule has 0 aliphatic rings. The number of ether oxygens (including phenoxy) is 1. The van der Waals surface area contributed by atoms with Crippen LogP contribution in [0.25, 0.3) is 11.7 Å². The van der Waals surface area contributed by atoms with Crippen LogP contribution in [0.4, 0.5) is 13.2 Å². The van der Waals surface area contributed by atoms with Crippen LogP contribution >= 0.6 is 0 Å². The van der Waals surface area contributed by atoms with Gasteiger partial charge < -0.3 is 13.6 Å². The molecule has 8 heteroatoms. The summed E-state index contributed by atoms with van der Waals surface area (Å²) >= 11 is 0. The van der Waals surface area contributed by atoms with Crippen LogP contribution in [0, 0.1) is 6.92 Å². The lowest BCUT2D eigenvalue weighted by Gasteiger charge is -2.03. The third kappa shape index (κ3) is 2.68. The monoisotopic (exact) mass is 289 g/mol. The highest BCUT2D eigenvalue weighted by Gasteiger charge is 2.42. The lowest BCUT2D eigenvalue weighted by molar-refractivity contribution is -0.141. The number of aryl methyl sites for hydroxylation is 1. The molecule has 2 aromatic heterocycles. The molecule has 0 fully saturated rings. The third-order valence-corrected chi connectivity index (χ3v) is 2.31. The van der Waals surface area contributed by atoms with E-state index in [2.05, 4.69) is 9.72 Å². The van der Waals surface area contributed by atoms with Crippen molar-refractivity contribution in [1.29, 1.82) is 0 Å². The van der Waals surface area contributed by atoms with Gasteiger partial charge in [-0.15, -0.1) is 0 Å². The second-order valence-corrected chi connectivity index (χ2v) is 3.83. The molecule has 0 bridgehead atoms. The van der Waals surface area contributed by atoms with E-state index in [-0.39, 0.29) is 12.4 Å². The van der Waals surface area contributed by atoms with Gasteiger partial charge in [0, 0.05) is 0 Å². The molecule has 0 unspecified atom stereocenters. The van der Waals surface area contributed by atoms with Gasteiger partial charge in [0.25, 0.3) is 5.89 Å². The largest absolute Gasteiger partial charge is 0.460 e. The maximum atomic E-state index is 12.8. The quantitative estimate of drug-likeness (QED) is 0.810. The minimum absolute atomic E-state index is 0.00329. The van der Waals surface area contributed by atoms with Crippen LogP contribution in [0.3, 0.4) is 0 Å². The molecule has 0 saturated carbocycles. The van der Waals surface area contributed by atoms with Crippen LogP contribution < -0.4 is 0 Å². The zero-order chi connectivity index (χ0) is 14.9. The van der Waals surface area contributed by atoms with Crippen LogP contribution in [0.15, 0.2) is 21.0 Å². The number of aromatic nitrogens is 1. The average molecular weight is 289 g/mol. The fourth-order valence-corrected chi connectivity index (χ4v) is 1.50. The number of hydrogen-bond donors (Lipinski definition) is 0. The summed E-state index contributed by atoms with van der Waals surface area (Å²) in [5.41, 5.74) is -1.43. The zero-order valence-corrected chi connectivity index (χ0v) is 10.6. The summed E-state index contributed by atoms with van der Waals surface area (Å²) in [5.74, 6) is -2.15. The third-order valence-electron chi connectivity index (χ3n) is 2.31. The van der Waals surface area contributed by atoms with Crippen LogP contribution in [0.5, 0.6) is 0 Å². The molecule has 2 heterocycles. The van der Waals surface area contributed by atoms with Crippen molar-refractivity contribution in [3.63, 3.8) is 0 Å². The molecular weight excluding hydrogens is 279 g/mol. The summed E-state index contributed by atoms with van der Waals surface area (Å²) in [6.07, 6.45) is -4.83. The minimum atomic E-state index is -4.83. The first-order valence-corrected chi connectivity index (χ1v) is 5.65. The number of halogens is 3. The van der Waals surface area contributed by atoms with Gasteiger partial charge in [-0.05, 0) is 26.0 Å². The minimum Gasteiger partial charge on any atom is -0.460 e. The van der Waals surface area contributed by atoms with E-state index in [1.54, 1.807) is 6.92 Å². The van der Waals surface area contributed by atoms with Gasteiger partial charge in [0.15, 0.2) is 11.5 Å². The SMILES string of the molecule is CCOC(=O)c1oc(-c2ccc(C)o2)nc1C(F)(F)F. The lowest BCUT2D eigenvalue weighted by atomic mass is 10.3. The van der Waals surface area contributed by atoms with Crippen molar-refractivity contribution in [2.45, 2.75) is 20.0 Å². The topological polar surface area (TPSA) is 65.5 Å². The Balaban J connectivity index is 2.50. The van der Waals surface area contributed by atoms with Gasteiger partial charge >= 0.3 is 12.1 Å². The lowest BCUT2D eigenvalue weighted by Crippen LogP contribution is -2.14. The average Bonchev–Trinajstić information content (AvgIpc) is 2.94. The fourth-order valence-electron chi connectivity index (χ4n) is 1.50. The highest BCUT2D eigenvalue weighted by Crippen LogP contribution is 2.35. The Morgan fingerprint density at radius 1 is 1.35 bits per heavy atom. The molecule has 0 atom stereocenters. The van der Waals surface area contributed by atoms with Crippen molar-refractivity contribution in [3.05, 3.63) is 29.3 Å². The van der Waals surface area contributed by atoms with E-state index in [0.717, 1.165) is 0 Å². The maximum Gasteiger partial charge on any atom is 0.437 e. The van der Waals surface area contributed by atoms with Crippen LogP contribution in [0.1, 0.15) is 28.9 Å². The van der Waals surface area contributed by atoms with Gasteiger partial charge in [-0.3, -0.25) is 0 Å². The standard InChI is InChI=1S/C12H10F3NO4/c1-3-18-11(17)8-9(12(13,14)15)16-10(20-8)7-5-4-6(2)19-7/h4-5H,3H2,1-2H3. The molecule has 20 heavy (non-hydrogen) atoms. The molecule has 0 aliphatic heterocycles. The van der Waals surface area contributed by atoms with Gasteiger partial charge in [-0.1, -0.05) is 0 Å². The number of oxazole rings is 1. The molecule has 0 aromatic carbocycles. The molecule has 2 aromatic rings. The predicted molar refractivity (Wildman–Crippen MR) is 59.9 cm³/mol. The van der Waals surface area contributed by atoms with E-state index < -0.39 is 29.5 Å². The van der Waals surface area contributed by atoms with Crippen molar-refractivity contribution in [2.24, 2.45) is 0 Å². The Morgan fingerprint density at radius 3 is 2.55 bits per heavy atom. The normalized spacial score (nSPS) is 11.7. The molecule has 0 amide bonds. The highest BCUT2D eigenvalue weighted by atomic mass is 19.4. The Hall–Kier alpha value is -2.25. The summed E-state index contributed by atoms with van der Waals surface area (Å²) in [6.45, 7) is 3.01. The molecule has 2 rings (SSSR count). The molecule has 0 radical (unpaired) electrons. The Bertz CT molecular complexity index is 627. The van der Waals surface area contributed by atoms with Crippen molar-refractivity contribution >= 4 is 5.97 Å². The number of nitrogens with zero attached hydrogens (tertiary/aromatic N) is 1. The second kappa shape index (κ2) is 5.03. The van der Waals surface area contributed by atoms with E-state index in [1.807, 2.05) is 0 Å². The molecule has 0 spiro atoms. The highest BCUT2D eigenvalue weighted by molar-refractivity contribution is 5.88. The first-order valence-electron chi connectivity index (χ1n) is 5.65. The van der Waals surface area contributed by atoms with Gasteiger partial charge in [-0.2, -0.15) is 13.2 Å². The number of hydrogen-bond acceptors (Lipinski definition) is 5. The maximum absolute atomic E-state index is 12.8. The van der Waals surface area contributed by atoms with E-state index in [1.165, 1.54) is 19.1 Å². The van der Waals surface area contributed by atoms with E-state index in [9.17, 15) is 18.0 Å². The Kier molecular flexibility index (Phi) is 3.56. The molecule has 0 saturated heterocycles. The van der Waals surface area contributed by atoms with E-state index in [0.29, 0.717) is 5.76 Å². The molecule has 0 aliphatic carbocycles. The number of rotatable bonds is 3. The molecule has 108 valence electrons. The van der Waals surface area contributed by atoms with Crippen LogP contribution in [0.2, 0.25) is 0 Å². The van der Waals surface area contributed by atoms with Crippen molar-refractivity contribution in [2.75, 3.05) is 6.61 Å².